The second-order valence-corrected chi connectivity index (χ2v) is 7.03. The summed E-state index contributed by atoms with van der Waals surface area (Å²) in [6, 6.07) is 5.42. The number of quaternary nitrogens is 1. The molecule has 0 unspecified atom stereocenters. The molecule has 1 amide bonds. The van der Waals surface area contributed by atoms with Crippen molar-refractivity contribution in [1.82, 2.24) is 0 Å². The van der Waals surface area contributed by atoms with Gasteiger partial charge < -0.3 is 19.7 Å². The molecule has 2 fully saturated rings. The summed E-state index contributed by atoms with van der Waals surface area (Å²) in [6.07, 6.45) is 1.68. The van der Waals surface area contributed by atoms with Gasteiger partial charge in [0.05, 0.1) is 49.9 Å². The third kappa shape index (κ3) is 3.81. The minimum absolute atomic E-state index is 0.0246. The number of piperidine rings is 1. The van der Waals surface area contributed by atoms with Crippen LogP contribution in [-0.4, -0.2) is 44.5 Å². The van der Waals surface area contributed by atoms with Gasteiger partial charge in [-0.2, -0.15) is 0 Å². The number of benzene rings is 1. The second kappa shape index (κ2) is 6.84. The van der Waals surface area contributed by atoms with E-state index in [2.05, 4.69) is 21.2 Å². The van der Waals surface area contributed by atoms with E-state index in [4.69, 9.17) is 21.1 Å². The largest absolute Gasteiger partial charge is 0.347 e. The number of likely N-dealkylation sites (tertiary alicyclic amines) is 1. The molecule has 7 heteroatoms. The number of ether oxygens (including phenoxy) is 2. The van der Waals surface area contributed by atoms with Gasteiger partial charge in [-0.3, -0.25) is 4.79 Å². The summed E-state index contributed by atoms with van der Waals surface area (Å²) in [5, 5.41) is 3.40. The highest BCUT2D eigenvalue weighted by Crippen LogP contribution is 2.27. The predicted octanol–water partition coefficient (Wildman–Crippen LogP) is 1.46. The van der Waals surface area contributed by atoms with Crippen LogP contribution >= 0.6 is 27.5 Å². The molecule has 2 aliphatic heterocycles. The zero-order valence-electron chi connectivity index (χ0n) is 12.2. The number of hydrogen-bond donors (Lipinski definition) is 2. The van der Waals surface area contributed by atoms with Gasteiger partial charge in [0.25, 0.3) is 5.91 Å². The van der Waals surface area contributed by atoms with Gasteiger partial charge >= 0.3 is 0 Å². The molecule has 2 aliphatic rings. The molecule has 3 rings (SSSR count). The lowest BCUT2D eigenvalue weighted by Gasteiger charge is -2.34. The Kier molecular flexibility index (Phi) is 5.04. The summed E-state index contributed by atoms with van der Waals surface area (Å²) in [6.45, 7) is 3.54. The fraction of sp³-hybridized carbons (Fsp3) is 0.533. The average molecular weight is 391 g/mol. The summed E-state index contributed by atoms with van der Waals surface area (Å²) in [5.74, 6) is -0.405. The summed E-state index contributed by atoms with van der Waals surface area (Å²) < 4.78 is 12.3. The third-order valence-electron chi connectivity index (χ3n) is 4.15. The molecule has 0 aliphatic carbocycles. The molecule has 0 saturated carbocycles. The van der Waals surface area contributed by atoms with Crippen LogP contribution in [0.4, 0.5) is 5.69 Å². The normalized spacial score (nSPS) is 21.2. The summed E-state index contributed by atoms with van der Waals surface area (Å²) in [5.41, 5.74) is 0.644. The number of carbonyl (C=O) groups is 1. The van der Waals surface area contributed by atoms with Gasteiger partial charge in [0.2, 0.25) is 0 Å². The Balaban J connectivity index is 1.50. The highest BCUT2D eigenvalue weighted by molar-refractivity contribution is 9.10. The molecule has 2 saturated heterocycles. The summed E-state index contributed by atoms with van der Waals surface area (Å²) >= 11 is 9.46. The average Bonchev–Trinajstić information content (AvgIpc) is 2.93. The van der Waals surface area contributed by atoms with E-state index in [9.17, 15) is 4.79 Å². The summed E-state index contributed by atoms with van der Waals surface area (Å²) in [4.78, 5) is 13.4. The van der Waals surface area contributed by atoms with Crippen LogP contribution in [0.3, 0.4) is 0 Å². The van der Waals surface area contributed by atoms with Crippen molar-refractivity contribution in [3.05, 3.63) is 27.7 Å². The van der Waals surface area contributed by atoms with Crippen LogP contribution < -0.4 is 10.2 Å². The molecule has 0 bridgehead atoms. The van der Waals surface area contributed by atoms with E-state index >= 15 is 0 Å². The molecule has 2 heterocycles. The Labute approximate surface area is 143 Å². The zero-order chi connectivity index (χ0) is 15.6. The van der Waals surface area contributed by atoms with Crippen LogP contribution in [0.25, 0.3) is 0 Å². The molecule has 5 nitrogen and oxygen atoms in total. The highest BCUT2D eigenvalue weighted by Gasteiger charge is 2.42. The van der Waals surface area contributed by atoms with Crippen molar-refractivity contribution in [3.8, 4) is 0 Å². The number of halogens is 2. The number of rotatable bonds is 3. The maximum absolute atomic E-state index is 12.2. The molecule has 2 N–H and O–H groups in total. The fourth-order valence-corrected chi connectivity index (χ4v) is 3.68. The second-order valence-electron chi connectivity index (χ2n) is 5.71. The molecule has 1 aromatic carbocycles. The van der Waals surface area contributed by atoms with Crippen LogP contribution in [0.5, 0.6) is 0 Å². The Morgan fingerprint density at radius 3 is 2.64 bits per heavy atom. The number of nitrogens with one attached hydrogen (secondary N) is 2. The van der Waals surface area contributed by atoms with Gasteiger partial charge in [-0.1, -0.05) is 27.5 Å². The molecular weight excluding hydrogens is 372 g/mol. The Morgan fingerprint density at radius 2 is 2.00 bits per heavy atom. The first-order chi connectivity index (χ1) is 10.6. The van der Waals surface area contributed by atoms with E-state index < -0.39 is 0 Å². The van der Waals surface area contributed by atoms with Crippen molar-refractivity contribution >= 4 is 39.1 Å². The number of carbonyl (C=O) groups excluding carboxylic acids is 1. The van der Waals surface area contributed by atoms with E-state index in [0.29, 0.717) is 30.5 Å². The maximum Gasteiger partial charge on any atom is 0.279 e. The predicted molar refractivity (Wildman–Crippen MR) is 87.2 cm³/mol. The highest BCUT2D eigenvalue weighted by atomic mass is 79.9. The minimum atomic E-state index is -0.380. The third-order valence-corrected chi connectivity index (χ3v) is 4.95. The van der Waals surface area contributed by atoms with Gasteiger partial charge in [0, 0.05) is 4.47 Å². The van der Waals surface area contributed by atoms with Crippen LogP contribution in [0.1, 0.15) is 12.8 Å². The van der Waals surface area contributed by atoms with Crippen molar-refractivity contribution in [2.45, 2.75) is 18.6 Å². The first kappa shape index (κ1) is 16.2. The number of anilines is 1. The summed E-state index contributed by atoms with van der Waals surface area (Å²) in [7, 11) is 0. The van der Waals surface area contributed by atoms with Gasteiger partial charge in [-0.05, 0) is 18.2 Å². The van der Waals surface area contributed by atoms with Crippen molar-refractivity contribution < 1.29 is 19.2 Å². The van der Waals surface area contributed by atoms with E-state index in [0.717, 1.165) is 30.4 Å². The van der Waals surface area contributed by atoms with E-state index in [1.165, 1.54) is 4.90 Å². The molecule has 0 atom stereocenters. The SMILES string of the molecule is O=C(C[NH+]1CCC2(CC1)OCCO2)Nc1ccc(Br)cc1Cl. The van der Waals surface area contributed by atoms with Crippen LogP contribution in [-0.2, 0) is 14.3 Å². The molecule has 0 radical (unpaired) electrons. The smallest absolute Gasteiger partial charge is 0.279 e. The minimum Gasteiger partial charge on any atom is -0.347 e. The molecule has 1 spiro atoms. The molecule has 1 aromatic rings. The fourth-order valence-electron chi connectivity index (χ4n) is 2.96. The van der Waals surface area contributed by atoms with Gasteiger partial charge in [0.1, 0.15) is 0 Å². The van der Waals surface area contributed by atoms with E-state index in [1.54, 1.807) is 12.1 Å². The monoisotopic (exact) mass is 389 g/mol. The molecule has 120 valence electrons. The van der Waals surface area contributed by atoms with E-state index in [-0.39, 0.29) is 11.7 Å². The van der Waals surface area contributed by atoms with Crippen molar-refractivity contribution in [1.29, 1.82) is 0 Å². The lowest BCUT2D eigenvalue weighted by atomic mass is 10.0. The first-order valence-corrected chi connectivity index (χ1v) is 8.60. The van der Waals surface area contributed by atoms with Gasteiger partial charge in [0.15, 0.2) is 12.3 Å². The first-order valence-electron chi connectivity index (χ1n) is 7.43. The number of amides is 1. The van der Waals surface area contributed by atoms with Gasteiger partial charge in [-0.15, -0.1) is 0 Å². The van der Waals surface area contributed by atoms with Crippen molar-refractivity contribution in [2.24, 2.45) is 0 Å². The molecule has 0 aromatic heterocycles. The number of hydrogen-bond acceptors (Lipinski definition) is 3. The standard InChI is InChI=1S/C15H18BrClN2O3/c16-11-1-2-13(12(17)9-11)18-14(20)10-19-5-3-15(4-6-19)21-7-8-22-15/h1-2,9H,3-8,10H2,(H,18,20)/p+1. The van der Waals surface area contributed by atoms with Crippen molar-refractivity contribution in [2.75, 3.05) is 38.2 Å². The van der Waals surface area contributed by atoms with Crippen LogP contribution in [0.15, 0.2) is 22.7 Å². The Morgan fingerprint density at radius 1 is 1.32 bits per heavy atom. The Hall–Kier alpha value is -0.660. The van der Waals surface area contributed by atoms with Crippen molar-refractivity contribution in [3.63, 3.8) is 0 Å². The maximum atomic E-state index is 12.2. The molecular formula is C15H19BrClN2O3+. The topological polar surface area (TPSA) is 52.0 Å². The van der Waals surface area contributed by atoms with Crippen LogP contribution in [0.2, 0.25) is 5.02 Å². The van der Waals surface area contributed by atoms with Crippen LogP contribution in [0, 0.1) is 0 Å². The Bertz CT molecular complexity index is 554. The van der Waals surface area contributed by atoms with Gasteiger partial charge in [-0.25, -0.2) is 0 Å². The quantitative estimate of drug-likeness (QED) is 0.822. The lowest BCUT2D eigenvalue weighted by Crippen LogP contribution is -3.14. The molecule has 22 heavy (non-hydrogen) atoms. The van der Waals surface area contributed by atoms with E-state index in [1.807, 2.05) is 6.07 Å². The lowest BCUT2D eigenvalue weighted by molar-refractivity contribution is -0.900. The zero-order valence-corrected chi connectivity index (χ0v) is 14.5.